The Morgan fingerprint density at radius 2 is 1.04 bits per heavy atom. The summed E-state index contributed by atoms with van der Waals surface area (Å²) in [5.41, 5.74) is 4.02. The highest BCUT2D eigenvalue weighted by molar-refractivity contribution is 5.89. The van der Waals surface area contributed by atoms with E-state index in [1.165, 1.54) is 0 Å². The minimum absolute atomic E-state index is 0.0380. The van der Waals surface area contributed by atoms with E-state index in [0.717, 1.165) is 22.3 Å². The van der Waals surface area contributed by atoms with E-state index in [0.29, 0.717) is 29.4 Å². The van der Waals surface area contributed by atoms with Gasteiger partial charge in [-0.25, -0.2) is 0 Å². The average Bonchev–Trinajstić information content (AvgIpc) is 3.24. The van der Waals surface area contributed by atoms with Crippen LogP contribution in [0.3, 0.4) is 0 Å². The Kier molecular flexibility index (Phi) is 12.2. The van der Waals surface area contributed by atoms with Crippen LogP contribution in [-0.2, 0) is 31.2 Å². The third-order valence-corrected chi connectivity index (χ3v) is 8.84. The summed E-state index contributed by atoms with van der Waals surface area (Å²) in [6, 6.07) is 47.5. The van der Waals surface area contributed by atoms with Gasteiger partial charge in [0.15, 0.2) is 17.3 Å². The minimum atomic E-state index is -0.967. The number of aliphatic carboxylic acids is 1. The Labute approximate surface area is 324 Å². The van der Waals surface area contributed by atoms with Crippen LogP contribution < -0.4 is 29.1 Å². The monoisotopic (exact) mass is 748 g/mol. The van der Waals surface area contributed by atoms with Crippen molar-refractivity contribution >= 4 is 16.9 Å². The van der Waals surface area contributed by atoms with Gasteiger partial charge in [-0.2, -0.15) is 0 Å². The maximum Gasteiger partial charge on any atom is 0.303 e. The molecule has 0 aliphatic heterocycles. The molecule has 282 valence electrons. The molecule has 0 atom stereocenters. The highest BCUT2D eigenvalue weighted by Crippen LogP contribution is 2.40. The second kappa shape index (κ2) is 18.4. The van der Waals surface area contributed by atoms with Crippen molar-refractivity contribution in [1.82, 2.24) is 0 Å². The highest BCUT2D eigenvalue weighted by Gasteiger charge is 2.24. The number of carboxylic acids is 1. The van der Waals surface area contributed by atoms with Gasteiger partial charge in [0.05, 0.1) is 6.61 Å². The SMILES string of the molecule is O=C(O)CCCOc1c(-c2ccc(OCc3ccccc3)c(OCc3ccccc3)c2)oc2cc(OCc3ccccc3)cc(OCc3ccccc3)c2c1=O. The van der Waals surface area contributed by atoms with Gasteiger partial charge >= 0.3 is 5.97 Å². The molecule has 1 aromatic heterocycles. The Hall–Kier alpha value is -7.00. The molecule has 0 radical (unpaired) electrons. The van der Waals surface area contributed by atoms with Gasteiger partial charge in [-0.3, -0.25) is 9.59 Å². The van der Waals surface area contributed by atoms with Crippen LogP contribution in [0.1, 0.15) is 35.1 Å². The molecule has 0 saturated heterocycles. The van der Waals surface area contributed by atoms with Gasteiger partial charge in [0.1, 0.15) is 48.9 Å². The number of hydrogen-bond donors (Lipinski definition) is 1. The van der Waals surface area contributed by atoms with Crippen molar-refractivity contribution in [2.24, 2.45) is 0 Å². The van der Waals surface area contributed by atoms with Gasteiger partial charge in [0.2, 0.25) is 11.2 Å². The second-order valence-electron chi connectivity index (χ2n) is 13.0. The van der Waals surface area contributed by atoms with E-state index in [9.17, 15) is 14.7 Å². The van der Waals surface area contributed by atoms with Crippen LogP contribution in [0.2, 0.25) is 0 Å². The Morgan fingerprint density at radius 3 is 1.57 bits per heavy atom. The molecule has 0 saturated carbocycles. The first-order chi connectivity index (χ1) is 27.5. The molecule has 1 heterocycles. The van der Waals surface area contributed by atoms with E-state index in [2.05, 4.69) is 0 Å². The third-order valence-electron chi connectivity index (χ3n) is 8.84. The summed E-state index contributed by atoms with van der Waals surface area (Å²) in [4.78, 5) is 26.0. The lowest BCUT2D eigenvalue weighted by atomic mass is 10.1. The maximum absolute atomic E-state index is 14.6. The number of hydrogen-bond acceptors (Lipinski definition) is 8. The Bertz CT molecular complexity index is 2410. The molecule has 0 spiro atoms. The smallest absolute Gasteiger partial charge is 0.303 e. The number of rotatable bonds is 18. The van der Waals surface area contributed by atoms with Crippen molar-refractivity contribution in [3.05, 3.63) is 184 Å². The topological polar surface area (TPSA) is 114 Å². The van der Waals surface area contributed by atoms with Crippen molar-refractivity contribution in [3.63, 3.8) is 0 Å². The number of ether oxygens (including phenoxy) is 5. The van der Waals surface area contributed by atoms with Crippen LogP contribution in [0.25, 0.3) is 22.3 Å². The van der Waals surface area contributed by atoms with Gasteiger partial charge < -0.3 is 33.2 Å². The van der Waals surface area contributed by atoms with Gasteiger partial charge in [-0.15, -0.1) is 0 Å². The summed E-state index contributed by atoms with van der Waals surface area (Å²) >= 11 is 0. The fraction of sp³-hybridized carbons (Fsp3) is 0.149. The molecular weight excluding hydrogens is 709 g/mol. The first kappa shape index (κ1) is 37.3. The van der Waals surface area contributed by atoms with E-state index in [1.807, 2.05) is 121 Å². The Balaban J connectivity index is 1.32. The minimum Gasteiger partial charge on any atom is -0.489 e. The molecule has 7 rings (SSSR count). The Morgan fingerprint density at radius 1 is 0.536 bits per heavy atom. The zero-order chi connectivity index (χ0) is 38.5. The lowest BCUT2D eigenvalue weighted by molar-refractivity contribution is -0.137. The quantitative estimate of drug-likeness (QED) is 0.0857. The normalized spacial score (nSPS) is 10.9. The summed E-state index contributed by atoms with van der Waals surface area (Å²) in [6.45, 7) is 0.988. The first-order valence-corrected chi connectivity index (χ1v) is 18.3. The molecule has 56 heavy (non-hydrogen) atoms. The summed E-state index contributed by atoms with van der Waals surface area (Å²) in [7, 11) is 0. The molecule has 1 N–H and O–H groups in total. The van der Waals surface area contributed by atoms with Crippen LogP contribution in [0.4, 0.5) is 0 Å². The van der Waals surface area contributed by atoms with Crippen LogP contribution >= 0.6 is 0 Å². The van der Waals surface area contributed by atoms with E-state index in [1.54, 1.807) is 30.3 Å². The molecule has 0 unspecified atom stereocenters. The molecule has 9 heteroatoms. The largest absolute Gasteiger partial charge is 0.489 e. The van der Waals surface area contributed by atoms with Crippen molar-refractivity contribution in [3.8, 4) is 40.1 Å². The average molecular weight is 749 g/mol. The van der Waals surface area contributed by atoms with E-state index in [-0.39, 0.29) is 67.5 Å². The number of fused-ring (bicyclic) bond motifs is 1. The van der Waals surface area contributed by atoms with Gasteiger partial charge in [0.25, 0.3) is 0 Å². The highest BCUT2D eigenvalue weighted by atomic mass is 16.5. The fourth-order valence-corrected chi connectivity index (χ4v) is 5.99. The standard InChI is InChI=1S/C47H40O9/c48-43(49)22-13-25-51-47-45(50)44-41(55-32-36-20-11-4-12-21-36)27-38(52-29-33-14-5-1-6-15-33)28-42(44)56-46(47)37-23-24-39(53-30-34-16-7-2-8-17-34)40(26-37)54-31-35-18-9-3-10-19-35/h1-12,14-21,23-24,26-28H,13,22,25,29-32H2,(H,48,49). The van der Waals surface area contributed by atoms with Gasteiger partial charge in [0, 0.05) is 24.1 Å². The molecule has 0 amide bonds. The molecule has 0 aliphatic carbocycles. The van der Waals surface area contributed by atoms with E-state index >= 15 is 0 Å². The van der Waals surface area contributed by atoms with Crippen LogP contribution in [0.15, 0.2) is 161 Å². The second-order valence-corrected chi connectivity index (χ2v) is 13.0. The molecule has 0 aliphatic rings. The van der Waals surface area contributed by atoms with Crippen LogP contribution in [0, 0.1) is 0 Å². The lowest BCUT2D eigenvalue weighted by Crippen LogP contribution is -2.13. The lowest BCUT2D eigenvalue weighted by Gasteiger charge is -2.17. The third kappa shape index (κ3) is 9.75. The summed E-state index contributed by atoms with van der Waals surface area (Å²) in [6.07, 6.45) is 0.0420. The summed E-state index contributed by atoms with van der Waals surface area (Å²) in [5.74, 6) is 0.684. The predicted molar refractivity (Wildman–Crippen MR) is 213 cm³/mol. The van der Waals surface area contributed by atoms with Crippen molar-refractivity contribution in [2.75, 3.05) is 6.61 Å². The molecule has 0 fully saturated rings. The summed E-state index contributed by atoms with van der Waals surface area (Å²) in [5, 5.41) is 9.45. The predicted octanol–water partition coefficient (Wildman–Crippen LogP) is 10.0. The fourth-order valence-electron chi connectivity index (χ4n) is 5.99. The number of carbonyl (C=O) groups is 1. The molecule has 7 aromatic rings. The zero-order valence-electron chi connectivity index (χ0n) is 30.6. The van der Waals surface area contributed by atoms with Crippen molar-refractivity contribution < 1.29 is 38.0 Å². The number of carboxylic acid groups (broad SMARTS) is 1. The molecule has 0 bridgehead atoms. The van der Waals surface area contributed by atoms with Gasteiger partial charge in [-0.1, -0.05) is 121 Å². The summed E-state index contributed by atoms with van der Waals surface area (Å²) < 4.78 is 37.8. The van der Waals surface area contributed by atoms with Crippen LogP contribution in [-0.4, -0.2) is 17.7 Å². The van der Waals surface area contributed by atoms with Crippen molar-refractivity contribution in [1.29, 1.82) is 0 Å². The maximum atomic E-state index is 14.6. The molecule has 9 nitrogen and oxygen atoms in total. The zero-order valence-corrected chi connectivity index (χ0v) is 30.6. The number of benzene rings is 6. The molecular formula is C47H40O9. The van der Waals surface area contributed by atoms with E-state index < -0.39 is 11.4 Å². The van der Waals surface area contributed by atoms with Crippen LogP contribution in [0.5, 0.6) is 28.7 Å². The van der Waals surface area contributed by atoms with Gasteiger partial charge in [-0.05, 0) is 46.9 Å². The molecule has 6 aromatic carbocycles. The van der Waals surface area contributed by atoms with E-state index in [4.69, 9.17) is 28.1 Å². The van der Waals surface area contributed by atoms with Crippen molar-refractivity contribution in [2.45, 2.75) is 39.3 Å². The first-order valence-electron chi connectivity index (χ1n) is 18.3.